The van der Waals surface area contributed by atoms with E-state index in [1.54, 1.807) is 0 Å². The molecule has 0 aromatic carbocycles. The zero-order valence-electron chi connectivity index (χ0n) is 11.4. The van der Waals surface area contributed by atoms with E-state index < -0.39 is 0 Å². The predicted octanol–water partition coefficient (Wildman–Crippen LogP) is 1.17. The van der Waals surface area contributed by atoms with Crippen LogP contribution < -0.4 is 10.7 Å². The van der Waals surface area contributed by atoms with Gasteiger partial charge in [0.25, 0.3) is 0 Å². The van der Waals surface area contributed by atoms with Crippen molar-refractivity contribution in [2.24, 2.45) is 5.92 Å². The maximum Gasteiger partial charge on any atom is 0.226 e. The standard InChI is InChI=1S/C14H22N2O3/c1-2-15-8-11-3-5-16(6-4-11)9-12-7-13(17)14(18)10-19-12/h7,10-11,15,18H,2-6,8-9H2,1H3. The summed E-state index contributed by atoms with van der Waals surface area (Å²) in [5.74, 6) is 1.05. The van der Waals surface area contributed by atoms with Gasteiger partial charge in [-0.3, -0.25) is 9.69 Å². The lowest BCUT2D eigenvalue weighted by Crippen LogP contribution is -2.37. The maximum absolute atomic E-state index is 11.3. The molecule has 1 saturated heterocycles. The second-order valence-corrected chi connectivity index (χ2v) is 5.12. The summed E-state index contributed by atoms with van der Waals surface area (Å²) in [5, 5.41) is 12.5. The first-order valence-electron chi connectivity index (χ1n) is 6.92. The summed E-state index contributed by atoms with van der Waals surface area (Å²) in [7, 11) is 0. The summed E-state index contributed by atoms with van der Waals surface area (Å²) in [6.45, 7) is 6.95. The molecule has 0 bridgehead atoms. The van der Waals surface area contributed by atoms with Crippen molar-refractivity contribution in [1.82, 2.24) is 10.2 Å². The molecule has 0 saturated carbocycles. The van der Waals surface area contributed by atoms with Gasteiger partial charge in [-0.15, -0.1) is 0 Å². The van der Waals surface area contributed by atoms with E-state index >= 15 is 0 Å². The molecule has 2 N–H and O–H groups in total. The van der Waals surface area contributed by atoms with Gasteiger partial charge in [0, 0.05) is 6.07 Å². The Balaban J connectivity index is 1.82. The lowest BCUT2D eigenvalue weighted by Gasteiger charge is -2.31. The van der Waals surface area contributed by atoms with Crippen molar-refractivity contribution < 1.29 is 9.52 Å². The van der Waals surface area contributed by atoms with Crippen LogP contribution >= 0.6 is 0 Å². The number of piperidine rings is 1. The largest absolute Gasteiger partial charge is 0.502 e. The number of rotatable bonds is 5. The Kier molecular flexibility index (Phi) is 4.99. The third-order valence-electron chi connectivity index (χ3n) is 3.64. The SMILES string of the molecule is CCNCC1CCN(Cc2cc(=O)c(O)co2)CC1. The topological polar surface area (TPSA) is 65.7 Å². The van der Waals surface area contributed by atoms with Crippen molar-refractivity contribution in [3.8, 4) is 5.75 Å². The van der Waals surface area contributed by atoms with E-state index in [9.17, 15) is 4.79 Å². The van der Waals surface area contributed by atoms with Crippen LogP contribution in [0.15, 0.2) is 21.5 Å². The van der Waals surface area contributed by atoms with E-state index in [4.69, 9.17) is 9.52 Å². The number of nitrogens with zero attached hydrogens (tertiary/aromatic N) is 1. The smallest absolute Gasteiger partial charge is 0.226 e. The molecule has 106 valence electrons. The summed E-state index contributed by atoms with van der Waals surface area (Å²) in [4.78, 5) is 13.6. The quantitative estimate of drug-likeness (QED) is 0.837. The minimum absolute atomic E-state index is 0.326. The van der Waals surface area contributed by atoms with Crippen molar-refractivity contribution in [2.45, 2.75) is 26.3 Å². The highest BCUT2D eigenvalue weighted by atomic mass is 16.4. The molecule has 5 heteroatoms. The Hall–Kier alpha value is -1.33. The molecule has 0 spiro atoms. The predicted molar refractivity (Wildman–Crippen MR) is 73.2 cm³/mol. The zero-order chi connectivity index (χ0) is 13.7. The number of likely N-dealkylation sites (tertiary alicyclic amines) is 1. The molecule has 1 aromatic heterocycles. The highest BCUT2D eigenvalue weighted by Gasteiger charge is 2.19. The fraction of sp³-hybridized carbons (Fsp3) is 0.643. The van der Waals surface area contributed by atoms with Crippen molar-refractivity contribution in [1.29, 1.82) is 0 Å². The van der Waals surface area contributed by atoms with Gasteiger partial charge in [-0.05, 0) is 44.9 Å². The lowest BCUT2D eigenvalue weighted by molar-refractivity contribution is 0.164. The van der Waals surface area contributed by atoms with E-state index in [0.29, 0.717) is 12.3 Å². The molecular formula is C14H22N2O3. The van der Waals surface area contributed by atoms with Crippen molar-refractivity contribution >= 4 is 0 Å². The van der Waals surface area contributed by atoms with Crippen molar-refractivity contribution in [3.63, 3.8) is 0 Å². The first-order valence-corrected chi connectivity index (χ1v) is 6.92. The van der Waals surface area contributed by atoms with Crippen LogP contribution in [0, 0.1) is 5.92 Å². The second kappa shape index (κ2) is 6.73. The fourth-order valence-electron chi connectivity index (χ4n) is 2.44. The monoisotopic (exact) mass is 266 g/mol. The Bertz CT molecular complexity index is 450. The van der Waals surface area contributed by atoms with Gasteiger partial charge in [0.2, 0.25) is 5.43 Å². The Morgan fingerprint density at radius 2 is 2.21 bits per heavy atom. The van der Waals surface area contributed by atoms with Crippen LogP contribution in [0.1, 0.15) is 25.5 Å². The molecular weight excluding hydrogens is 244 g/mol. The van der Waals surface area contributed by atoms with Gasteiger partial charge in [-0.25, -0.2) is 0 Å². The van der Waals surface area contributed by atoms with E-state index in [1.165, 1.54) is 18.9 Å². The minimum Gasteiger partial charge on any atom is -0.502 e. The molecule has 0 aliphatic carbocycles. The maximum atomic E-state index is 11.3. The molecule has 0 unspecified atom stereocenters. The van der Waals surface area contributed by atoms with Crippen LogP contribution in [0.2, 0.25) is 0 Å². The summed E-state index contributed by atoms with van der Waals surface area (Å²) in [6.07, 6.45) is 3.47. The fourth-order valence-corrected chi connectivity index (χ4v) is 2.44. The lowest BCUT2D eigenvalue weighted by atomic mass is 9.97. The van der Waals surface area contributed by atoms with Gasteiger partial charge >= 0.3 is 0 Å². The van der Waals surface area contributed by atoms with Gasteiger partial charge in [0.15, 0.2) is 5.75 Å². The van der Waals surface area contributed by atoms with Gasteiger partial charge in [0.1, 0.15) is 12.0 Å². The molecule has 19 heavy (non-hydrogen) atoms. The molecule has 1 fully saturated rings. The Morgan fingerprint density at radius 1 is 1.47 bits per heavy atom. The number of nitrogens with one attached hydrogen (secondary N) is 1. The second-order valence-electron chi connectivity index (χ2n) is 5.12. The van der Waals surface area contributed by atoms with Crippen LogP contribution in [-0.4, -0.2) is 36.2 Å². The summed E-state index contributed by atoms with van der Waals surface area (Å²) in [6, 6.07) is 1.38. The average Bonchev–Trinajstić information content (AvgIpc) is 2.42. The third kappa shape index (κ3) is 4.08. The van der Waals surface area contributed by atoms with E-state index in [2.05, 4.69) is 17.1 Å². The minimum atomic E-state index is -0.372. The molecule has 0 radical (unpaired) electrons. The van der Waals surface area contributed by atoms with Crippen LogP contribution in [0.5, 0.6) is 5.75 Å². The van der Waals surface area contributed by atoms with Gasteiger partial charge < -0.3 is 14.8 Å². The Labute approximate surface area is 113 Å². The molecule has 5 nitrogen and oxygen atoms in total. The van der Waals surface area contributed by atoms with Gasteiger partial charge in [-0.1, -0.05) is 6.92 Å². The molecule has 0 atom stereocenters. The molecule has 1 aromatic rings. The van der Waals surface area contributed by atoms with Crippen molar-refractivity contribution in [3.05, 3.63) is 28.3 Å². The highest BCUT2D eigenvalue weighted by Crippen LogP contribution is 2.18. The number of hydrogen-bond donors (Lipinski definition) is 2. The Morgan fingerprint density at radius 3 is 2.84 bits per heavy atom. The average molecular weight is 266 g/mol. The van der Waals surface area contributed by atoms with Gasteiger partial charge in [-0.2, -0.15) is 0 Å². The zero-order valence-corrected chi connectivity index (χ0v) is 11.4. The first kappa shape index (κ1) is 14.1. The van der Waals surface area contributed by atoms with Crippen LogP contribution in [0.25, 0.3) is 0 Å². The molecule has 2 heterocycles. The summed E-state index contributed by atoms with van der Waals surface area (Å²) < 4.78 is 5.23. The van der Waals surface area contributed by atoms with Crippen LogP contribution in [-0.2, 0) is 6.54 Å². The van der Waals surface area contributed by atoms with E-state index in [1.807, 2.05) is 0 Å². The van der Waals surface area contributed by atoms with E-state index in [0.717, 1.165) is 38.4 Å². The van der Waals surface area contributed by atoms with Crippen molar-refractivity contribution in [2.75, 3.05) is 26.2 Å². The van der Waals surface area contributed by atoms with Crippen LogP contribution in [0.4, 0.5) is 0 Å². The van der Waals surface area contributed by atoms with Gasteiger partial charge in [0.05, 0.1) is 6.54 Å². The molecule has 2 rings (SSSR count). The first-order chi connectivity index (χ1) is 9.19. The normalized spacial score (nSPS) is 17.7. The molecule has 1 aliphatic rings. The molecule has 0 amide bonds. The third-order valence-corrected chi connectivity index (χ3v) is 3.64. The summed E-state index contributed by atoms with van der Waals surface area (Å²) in [5.41, 5.74) is -0.372. The highest BCUT2D eigenvalue weighted by molar-refractivity contribution is 5.15. The molecule has 1 aliphatic heterocycles. The number of hydrogen-bond acceptors (Lipinski definition) is 5. The van der Waals surface area contributed by atoms with Crippen LogP contribution in [0.3, 0.4) is 0 Å². The summed E-state index contributed by atoms with van der Waals surface area (Å²) >= 11 is 0. The number of aromatic hydroxyl groups is 1. The van der Waals surface area contributed by atoms with E-state index in [-0.39, 0.29) is 11.2 Å².